The molecule has 0 radical (unpaired) electrons. The minimum Gasteiger partial charge on any atom is -0.465 e. The average molecular weight is 289 g/mol. The molecule has 0 aliphatic carbocycles. The number of piperazine rings is 1. The fourth-order valence-corrected chi connectivity index (χ4v) is 2.10. The number of carbonyl (C=O) groups excluding carboxylic acids is 2. The summed E-state index contributed by atoms with van der Waals surface area (Å²) in [6, 6.07) is 8.42. The summed E-state index contributed by atoms with van der Waals surface area (Å²) in [5.74, 6) is -0.747. The Kier molecular flexibility index (Phi) is 4.94. The van der Waals surface area contributed by atoms with Crippen molar-refractivity contribution < 1.29 is 14.3 Å². The molecule has 1 aliphatic rings. The summed E-state index contributed by atoms with van der Waals surface area (Å²) in [7, 11) is 0. The maximum Gasteiger partial charge on any atom is 0.327 e. The first-order valence-electron chi connectivity index (χ1n) is 6.88. The Bertz CT molecular complexity index is 542. The number of nitrogens with two attached hydrogens (primary N) is 1. The highest BCUT2D eigenvalue weighted by Gasteiger charge is 2.25. The van der Waals surface area contributed by atoms with E-state index in [4.69, 9.17) is 10.5 Å². The van der Waals surface area contributed by atoms with Gasteiger partial charge in [0.15, 0.2) is 0 Å². The molecule has 0 spiro atoms. The summed E-state index contributed by atoms with van der Waals surface area (Å²) in [5.41, 5.74) is 6.86. The molecule has 0 saturated carbocycles. The monoisotopic (exact) mass is 289 g/mol. The van der Waals surface area contributed by atoms with Gasteiger partial charge in [0.1, 0.15) is 6.04 Å². The first-order valence-corrected chi connectivity index (χ1v) is 6.88. The van der Waals surface area contributed by atoms with Crippen LogP contribution in [0.1, 0.15) is 6.92 Å². The summed E-state index contributed by atoms with van der Waals surface area (Å²) in [5, 5.41) is 2.98. The topological polar surface area (TPSA) is 84.7 Å². The Labute approximate surface area is 123 Å². The third-order valence-electron chi connectivity index (χ3n) is 3.10. The van der Waals surface area contributed by atoms with Gasteiger partial charge in [-0.3, -0.25) is 9.59 Å². The highest BCUT2D eigenvalue weighted by atomic mass is 16.5. The lowest BCUT2D eigenvalue weighted by atomic mass is 10.1. The van der Waals surface area contributed by atoms with Gasteiger partial charge in [0.25, 0.3) is 5.91 Å². The standard InChI is InChI=1S/C15H19N3O3/c1-2-21-15(20)12(16)10-13-14(19)18(9-8-17-13)11-6-4-3-5-7-11/h3-7,10,12,17H,2,8-9,16H2,1H3/b13-10-. The summed E-state index contributed by atoms with van der Waals surface area (Å²) in [6.07, 6.45) is 1.41. The van der Waals surface area contributed by atoms with Crippen LogP contribution in [0.3, 0.4) is 0 Å². The third-order valence-corrected chi connectivity index (χ3v) is 3.10. The SMILES string of the molecule is CCOC(=O)C(N)/C=C1\NCCN(c2ccccc2)C1=O. The number of ether oxygens (including phenoxy) is 1. The zero-order valence-electron chi connectivity index (χ0n) is 11.9. The van der Waals surface area contributed by atoms with Gasteiger partial charge in [-0.15, -0.1) is 0 Å². The molecule has 6 nitrogen and oxygen atoms in total. The number of nitrogens with zero attached hydrogens (tertiary/aromatic N) is 1. The molecule has 21 heavy (non-hydrogen) atoms. The maximum atomic E-state index is 12.4. The molecule has 112 valence electrons. The average Bonchev–Trinajstić information content (AvgIpc) is 2.50. The van der Waals surface area contributed by atoms with Crippen LogP contribution in [0.5, 0.6) is 0 Å². The lowest BCUT2D eigenvalue weighted by Crippen LogP contribution is -2.47. The van der Waals surface area contributed by atoms with Gasteiger partial charge in [-0.05, 0) is 25.1 Å². The third kappa shape index (κ3) is 3.61. The van der Waals surface area contributed by atoms with E-state index in [2.05, 4.69) is 5.32 Å². The van der Waals surface area contributed by atoms with E-state index in [-0.39, 0.29) is 12.5 Å². The Morgan fingerprint density at radius 1 is 1.48 bits per heavy atom. The Hall–Kier alpha value is -2.34. The molecule has 0 bridgehead atoms. The number of esters is 1. The summed E-state index contributed by atoms with van der Waals surface area (Å²) < 4.78 is 4.83. The molecule has 2 rings (SSSR count). The molecule has 1 aromatic rings. The van der Waals surface area contributed by atoms with E-state index in [1.807, 2.05) is 30.3 Å². The zero-order valence-corrected chi connectivity index (χ0v) is 11.9. The number of nitrogens with one attached hydrogen (secondary N) is 1. The van der Waals surface area contributed by atoms with Gasteiger partial charge in [0.05, 0.1) is 12.3 Å². The van der Waals surface area contributed by atoms with Crippen LogP contribution >= 0.6 is 0 Å². The van der Waals surface area contributed by atoms with Crippen LogP contribution in [-0.2, 0) is 14.3 Å². The van der Waals surface area contributed by atoms with E-state index < -0.39 is 12.0 Å². The molecular formula is C15H19N3O3. The lowest BCUT2D eigenvalue weighted by Gasteiger charge is -2.30. The lowest BCUT2D eigenvalue weighted by molar-refractivity contribution is -0.143. The highest BCUT2D eigenvalue weighted by Crippen LogP contribution is 2.17. The molecule has 1 fully saturated rings. The Balaban J connectivity index is 2.15. The summed E-state index contributed by atoms with van der Waals surface area (Å²) in [6.45, 7) is 3.13. The van der Waals surface area contributed by atoms with Crippen molar-refractivity contribution in [3.8, 4) is 0 Å². The molecule has 0 aromatic heterocycles. The minimum absolute atomic E-state index is 0.202. The summed E-state index contributed by atoms with van der Waals surface area (Å²) >= 11 is 0. The van der Waals surface area contributed by atoms with Crippen molar-refractivity contribution in [2.75, 3.05) is 24.6 Å². The summed E-state index contributed by atoms with van der Waals surface area (Å²) in [4.78, 5) is 25.6. The second-order valence-electron chi connectivity index (χ2n) is 4.58. The molecule has 1 aliphatic heterocycles. The van der Waals surface area contributed by atoms with Crippen LogP contribution in [0.25, 0.3) is 0 Å². The second kappa shape index (κ2) is 6.90. The number of rotatable bonds is 4. The van der Waals surface area contributed by atoms with Crippen LogP contribution < -0.4 is 16.0 Å². The molecule has 1 amide bonds. The quantitative estimate of drug-likeness (QED) is 0.619. The van der Waals surface area contributed by atoms with E-state index in [9.17, 15) is 9.59 Å². The van der Waals surface area contributed by atoms with E-state index in [1.165, 1.54) is 6.08 Å². The van der Waals surface area contributed by atoms with Crippen molar-refractivity contribution in [3.63, 3.8) is 0 Å². The number of anilines is 1. The number of para-hydroxylation sites is 1. The van der Waals surface area contributed by atoms with Gasteiger partial charge < -0.3 is 20.7 Å². The molecule has 1 aromatic carbocycles. The van der Waals surface area contributed by atoms with Crippen LogP contribution in [-0.4, -0.2) is 37.6 Å². The number of carbonyl (C=O) groups is 2. The first kappa shape index (κ1) is 15.1. The molecular weight excluding hydrogens is 270 g/mol. The zero-order chi connectivity index (χ0) is 15.2. The second-order valence-corrected chi connectivity index (χ2v) is 4.58. The van der Waals surface area contributed by atoms with Crippen LogP contribution in [0.4, 0.5) is 5.69 Å². The number of hydrogen-bond acceptors (Lipinski definition) is 5. The molecule has 6 heteroatoms. The van der Waals surface area contributed by atoms with E-state index >= 15 is 0 Å². The molecule has 1 heterocycles. The van der Waals surface area contributed by atoms with Gasteiger partial charge in [-0.25, -0.2) is 0 Å². The van der Waals surface area contributed by atoms with Crippen molar-refractivity contribution in [1.82, 2.24) is 5.32 Å². The number of benzene rings is 1. The van der Waals surface area contributed by atoms with Gasteiger partial charge in [-0.1, -0.05) is 18.2 Å². The van der Waals surface area contributed by atoms with Crippen LogP contribution in [0, 0.1) is 0 Å². The highest BCUT2D eigenvalue weighted by molar-refractivity contribution is 6.06. The van der Waals surface area contributed by atoms with Gasteiger partial charge in [0.2, 0.25) is 0 Å². The van der Waals surface area contributed by atoms with Gasteiger partial charge >= 0.3 is 5.97 Å². The normalized spacial score (nSPS) is 18.3. The van der Waals surface area contributed by atoms with Crippen molar-refractivity contribution in [2.45, 2.75) is 13.0 Å². The van der Waals surface area contributed by atoms with Crippen LogP contribution in [0.15, 0.2) is 42.1 Å². The predicted octanol–water partition coefficient (Wildman–Crippen LogP) is 0.397. The van der Waals surface area contributed by atoms with Crippen molar-refractivity contribution in [1.29, 1.82) is 0 Å². The first-order chi connectivity index (χ1) is 10.1. The van der Waals surface area contributed by atoms with E-state index in [0.717, 1.165) is 5.69 Å². The smallest absolute Gasteiger partial charge is 0.327 e. The predicted molar refractivity (Wildman–Crippen MR) is 79.5 cm³/mol. The fourth-order valence-electron chi connectivity index (χ4n) is 2.10. The van der Waals surface area contributed by atoms with Crippen LogP contribution in [0.2, 0.25) is 0 Å². The fraction of sp³-hybridized carbons (Fsp3) is 0.333. The van der Waals surface area contributed by atoms with E-state index in [0.29, 0.717) is 18.8 Å². The van der Waals surface area contributed by atoms with Gasteiger partial charge in [0, 0.05) is 18.8 Å². The molecule has 3 N–H and O–H groups in total. The van der Waals surface area contributed by atoms with Gasteiger partial charge in [-0.2, -0.15) is 0 Å². The Morgan fingerprint density at radius 3 is 2.86 bits per heavy atom. The molecule has 1 saturated heterocycles. The molecule has 1 atom stereocenters. The van der Waals surface area contributed by atoms with Crippen molar-refractivity contribution in [2.24, 2.45) is 5.73 Å². The van der Waals surface area contributed by atoms with Crippen molar-refractivity contribution >= 4 is 17.6 Å². The largest absolute Gasteiger partial charge is 0.465 e. The number of amides is 1. The number of hydrogen-bond donors (Lipinski definition) is 2. The molecule has 1 unspecified atom stereocenters. The minimum atomic E-state index is -0.952. The Morgan fingerprint density at radius 2 is 2.19 bits per heavy atom. The maximum absolute atomic E-state index is 12.4. The van der Waals surface area contributed by atoms with E-state index in [1.54, 1.807) is 11.8 Å². The van der Waals surface area contributed by atoms with Crippen molar-refractivity contribution in [3.05, 3.63) is 42.1 Å².